The molecule has 2 fully saturated rings. The van der Waals surface area contributed by atoms with Crippen LogP contribution in [0.15, 0.2) is 24.3 Å². The summed E-state index contributed by atoms with van der Waals surface area (Å²) in [7, 11) is 1.63. The van der Waals surface area contributed by atoms with Gasteiger partial charge in [0.05, 0.1) is 13.0 Å². The second-order valence-corrected chi connectivity index (χ2v) is 4.41. The Kier molecular flexibility index (Phi) is 1.94. The molecule has 1 aromatic carbocycles. The van der Waals surface area contributed by atoms with Gasteiger partial charge in [0.1, 0.15) is 5.75 Å². The summed E-state index contributed by atoms with van der Waals surface area (Å²) >= 11 is 0. The summed E-state index contributed by atoms with van der Waals surface area (Å²) in [6.07, 6.45) is 0. The average Bonchev–Trinajstić information content (AvgIpc) is 2.80. The Bertz CT molecular complexity index is 429. The van der Waals surface area contributed by atoms with E-state index in [4.69, 9.17) is 10.5 Å². The van der Waals surface area contributed by atoms with Crippen LogP contribution < -0.4 is 15.4 Å². The van der Waals surface area contributed by atoms with E-state index in [9.17, 15) is 4.79 Å². The minimum absolute atomic E-state index is 0.0714. The van der Waals surface area contributed by atoms with Crippen molar-refractivity contribution in [2.24, 2.45) is 17.6 Å². The zero-order valence-electron chi connectivity index (χ0n) is 9.09. The maximum Gasteiger partial charge on any atom is 0.232 e. The number of carbonyl (C=O) groups is 1. The fourth-order valence-electron chi connectivity index (χ4n) is 2.46. The third-order valence-corrected chi connectivity index (χ3v) is 3.56. The molecular formula is C12H14N2O2. The van der Waals surface area contributed by atoms with Crippen molar-refractivity contribution in [3.8, 4) is 5.75 Å². The first kappa shape index (κ1) is 9.66. The number of benzene rings is 1. The Morgan fingerprint density at radius 2 is 2.06 bits per heavy atom. The van der Waals surface area contributed by atoms with Gasteiger partial charge in [-0.25, -0.2) is 0 Å². The van der Waals surface area contributed by atoms with Gasteiger partial charge in [-0.15, -0.1) is 0 Å². The van der Waals surface area contributed by atoms with Crippen LogP contribution in [-0.2, 0) is 4.79 Å². The highest BCUT2D eigenvalue weighted by Gasteiger charge is 2.60. The summed E-state index contributed by atoms with van der Waals surface area (Å²) in [5.41, 5.74) is 6.72. The summed E-state index contributed by atoms with van der Waals surface area (Å²) in [6, 6.07) is 7.65. The molecule has 4 heteroatoms. The van der Waals surface area contributed by atoms with Gasteiger partial charge in [-0.05, 0) is 24.3 Å². The highest BCUT2D eigenvalue weighted by atomic mass is 16.5. The molecule has 1 aromatic rings. The highest BCUT2D eigenvalue weighted by molar-refractivity contribution is 6.00. The van der Waals surface area contributed by atoms with Crippen molar-refractivity contribution in [3.05, 3.63) is 24.3 Å². The number of amides is 1. The number of carbonyl (C=O) groups excluding carboxylic acids is 1. The number of methoxy groups -OCH3 is 1. The molecule has 1 aliphatic carbocycles. The average molecular weight is 218 g/mol. The number of rotatable bonds is 2. The normalized spacial score (nSPS) is 31.5. The molecule has 0 radical (unpaired) electrons. The van der Waals surface area contributed by atoms with Crippen LogP contribution in [0.2, 0.25) is 0 Å². The first-order valence-electron chi connectivity index (χ1n) is 5.43. The third-order valence-electron chi connectivity index (χ3n) is 3.56. The van der Waals surface area contributed by atoms with E-state index >= 15 is 0 Å². The number of fused-ring (bicyclic) bond motifs is 1. The fourth-order valence-corrected chi connectivity index (χ4v) is 2.46. The smallest absolute Gasteiger partial charge is 0.232 e. The summed E-state index contributed by atoms with van der Waals surface area (Å²) in [5.74, 6) is 1.41. The molecule has 0 spiro atoms. The van der Waals surface area contributed by atoms with E-state index in [1.165, 1.54) is 0 Å². The van der Waals surface area contributed by atoms with Crippen molar-refractivity contribution in [2.75, 3.05) is 18.6 Å². The van der Waals surface area contributed by atoms with Crippen molar-refractivity contribution >= 4 is 11.6 Å². The lowest BCUT2D eigenvalue weighted by molar-refractivity contribution is -0.118. The highest BCUT2D eigenvalue weighted by Crippen LogP contribution is 2.46. The van der Waals surface area contributed by atoms with Crippen LogP contribution in [0.3, 0.4) is 0 Å². The largest absolute Gasteiger partial charge is 0.497 e. The monoisotopic (exact) mass is 218 g/mol. The second-order valence-electron chi connectivity index (χ2n) is 4.41. The third kappa shape index (κ3) is 1.23. The Hall–Kier alpha value is -1.55. The molecule has 2 aliphatic rings. The summed E-state index contributed by atoms with van der Waals surface area (Å²) < 4.78 is 5.08. The molecule has 1 saturated carbocycles. The molecule has 1 heterocycles. The van der Waals surface area contributed by atoms with Crippen molar-refractivity contribution in [1.29, 1.82) is 0 Å². The van der Waals surface area contributed by atoms with E-state index in [0.717, 1.165) is 18.0 Å². The maximum absolute atomic E-state index is 11.9. The van der Waals surface area contributed by atoms with Gasteiger partial charge in [0.15, 0.2) is 0 Å². The van der Waals surface area contributed by atoms with Crippen molar-refractivity contribution < 1.29 is 9.53 Å². The van der Waals surface area contributed by atoms with Gasteiger partial charge in [0.25, 0.3) is 0 Å². The van der Waals surface area contributed by atoms with E-state index < -0.39 is 0 Å². The van der Waals surface area contributed by atoms with Crippen LogP contribution in [0.1, 0.15) is 0 Å². The van der Waals surface area contributed by atoms with Crippen molar-refractivity contribution in [3.63, 3.8) is 0 Å². The number of hydrogen-bond donors (Lipinski definition) is 1. The number of hydrogen-bond acceptors (Lipinski definition) is 3. The molecule has 84 valence electrons. The Morgan fingerprint density at radius 3 is 2.56 bits per heavy atom. The lowest BCUT2D eigenvalue weighted by Crippen LogP contribution is -2.32. The molecule has 0 bridgehead atoms. The second kappa shape index (κ2) is 3.22. The topological polar surface area (TPSA) is 55.6 Å². The van der Waals surface area contributed by atoms with E-state index in [0.29, 0.717) is 5.92 Å². The first-order chi connectivity index (χ1) is 7.72. The molecule has 3 atom stereocenters. The first-order valence-corrected chi connectivity index (χ1v) is 5.43. The van der Waals surface area contributed by atoms with Crippen LogP contribution in [0, 0.1) is 11.8 Å². The molecule has 0 aromatic heterocycles. The van der Waals surface area contributed by atoms with E-state index in [1.54, 1.807) is 7.11 Å². The summed E-state index contributed by atoms with van der Waals surface area (Å²) in [4.78, 5) is 13.7. The van der Waals surface area contributed by atoms with Crippen LogP contribution in [-0.4, -0.2) is 25.6 Å². The molecular weight excluding hydrogens is 204 g/mol. The number of piperidine rings is 1. The van der Waals surface area contributed by atoms with Gasteiger partial charge in [-0.1, -0.05) is 0 Å². The minimum atomic E-state index is 0.0714. The number of anilines is 1. The Morgan fingerprint density at radius 1 is 1.38 bits per heavy atom. The van der Waals surface area contributed by atoms with E-state index in [2.05, 4.69) is 0 Å². The maximum atomic E-state index is 11.9. The molecule has 3 unspecified atom stereocenters. The zero-order chi connectivity index (χ0) is 11.3. The quantitative estimate of drug-likeness (QED) is 0.791. The van der Waals surface area contributed by atoms with Crippen LogP contribution in [0.4, 0.5) is 5.69 Å². The summed E-state index contributed by atoms with van der Waals surface area (Å²) in [5, 5.41) is 0. The summed E-state index contributed by atoms with van der Waals surface area (Å²) in [6.45, 7) is 0.761. The van der Waals surface area contributed by atoms with Gasteiger partial charge in [0, 0.05) is 24.2 Å². The molecule has 2 N–H and O–H groups in total. The number of nitrogens with two attached hydrogens (primary N) is 1. The molecule has 16 heavy (non-hydrogen) atoms. The SMILES string of the molecule is COc1ccc(N2CC3C(N)C3C2=O)cc1. The lowest BCUT2D eigenvalue weighted by atomic mass is 10.2. The van der Waals surface area contributed by atoms with Gasteiger partial charge in [0.2, 0.25) is 5.91 Å². The van der Waals surface area contributed by atoms with Gasteiger partial charge in [-0.3, -0.25) is 4.79 Å². The molecule has 3 rings (SSSR count). The lowest BCUT2D eigenvalue weighted by Gasteiger charge is -2.19. The molecule has 1 aliphatic heterocycles. The van der Waals surface area contributed by atoms with Crippen LogP contribution in [0.5, 0.6) is 5.75 Å². The number of nitrogens with zero attached hydrogens (tertiary/aromatic N) is 1. The van der Waals surface area contributed by atoms with Crippen molar-refractivity contribution in [2.45, 2.75) is 6.04 Å². The Balaban J connectivity index is 1.81. The van der Waals surface area contributed by atoms with Gasteiger partial charge >= 0.3 is 0 Å². The number of ether oxygens (including phenoxy) is 1. The minimum Gasteiger partial charge on any atom is -0.497 e. The predicted octanol–water partition coefficient (Wildman–Crippen LogP) is 0.615. The van der Waals surface area contributed by atoms with E-state index in [-0.39, 0.29) is 17.9 Å². The van der Waals surface area contributed by atoms with Crippen molar-refractivity contribution in [1.82, 2.24) is 0 Å². The fraction of sp³-hybridized carbons (Fsp3) is 0.417. The molecule has 4 nitrogen and oxygen atoms in total. The predicted molar refractivity (Wildman–Crippen MR) is 60.3 cm³/mol. The van der Waals surface area contributed by atoms with E-state index in [1.807, 2.05) is 29.2 Å². The molecule has 1 saturated heterocycles. The molecule has 1 amide bonds. The van der Waals surface area contributed by atoms with Crippen LogP contribution in [0.25, 0.3) is 0 Å². The standard InChI is InChI=1S/C12H14N2O2/c1-16-8-4-2-7(3-5-8)14-6-9-10(11(9)13)12(14)15/h2-5,9-11H,6,13H2,1H3. The van der Waals surface area contributed by atoms with Crippen LogP contribution >= 0.6 is 0 Å². The van der Waals surface area contributed by atoms with Gasteiger partial charge in [-0.2, -0.15) is 0 Å². The zero-order valence-corrected chi connectivity index (χ0v) is 9.09. The van der Waals surface area contributed by atoms with Gasteiger partial charge < -0.3 is 15.4 Å². The Labute approximate surface area is 94.0 Å².